The molecule has 0 saturated heterocycles. The van der Waals surface area contributed by atoms with Crippen LogP contribution in [0.3, 0.4) is 0 Å². The third kappa shape index (κ3) is 4.15. The predicted octanol–water partition coefficient (Wildman–Crippen LogP) is 0.0994. The highest BCUT2D eigenvalue weighted by atomic mass is 16.2. The van der Waals surface area contributed by atoms with Crippen molar-refractivity contribution >= 4 is 11.8 Å². The molecule has 1 rings (SSSR count). The zero-order valence-corrected chi connectivity index (χ0v) is 11.0. The van der Waals surface area contributed by atoms with E-state index < -0.39 is 0 Å². The van der Waals surface area contributed by atoms with Crippen molar-refractivity contribution in [2.24, 2.45) is 0 Å². The number of hydrazine groups is 2. The average Bonchev–Trinajstić information content (AvgIpc) is 2.27. The zero-order chi connectivity index (χ0) is 13.7. The molecule has 0 atom stereocenters. The molecule has 0 saturated carbocycles. The Bertz CT molecular complexity index is 406. The fourth-order valence-electron chi connectivity index (χ4n) is 1.34. The summed E-state index contributed by atoms with van der Waals surface area (Å²) < 4.78 is 0. The first-order valence-corrected chi connectivity index (χ1v) is 5.47. The van der Waals surface area contributed by atoms with Crippen LogP contribution in [0, 0.1) is 0 Å². The quantitative estimate of drug-likeness (QED) is 0.744. The van der Waals surface area contributed by atoms with E-state index >= 15 is 0 Å². The van der Waals surface area contributed by atoms with E-state index in [4.69, 9.17) is 0 Å². The van der Waals surface area contributed by atoms with Crippen LogP contribution in [0.25, 0.3) is 0 Å². The summed E-state index contributed by atoms with van der Waals surface area (Å²) in [5, 5.41) is 3.10. The van der Waals surface area contributed by atoms with Crippen molar-refractivity contribution in [2.45, 2.75) is 0 Å². The number of rotatable bonds is 4. The summed E-state index contributed by atoms with van der Waals surface area (Å²) in [4.78, 5) is 23.5. The van der Waals surface area contributed by atoms with Crippen LogP contribution in [0.4, 0.5) is 0 Å². The molecule has 0 aliphatic heterocycles. The minimum absolute atomic E-state index is 0.250. The molecule has 0 aromatic heterocycles. The number of hydrogen-bond acceptors (Lipinski definition) is 4. The maximum Gasteiger partial charge on any atom is 0.265 e. The third-order valence-corrected chi connectivity index (χ3v) is 2.04. The van der Waals surface area contributed by atoms with E-state index in [1.165, 1.54) is 0 Å². The van der Waals surface area contributed by atoms with Gasteiger partial charge in [-0.15, -0.1) is 0 Å². The lowest BCUT2D eigenvalue weighted by molar-refractivity contribution is 0.0856. The van der Waals surface area contributed by atoms with Gasteiger partial charge in [0.2, 0.25) is 0 Å². The maximum absolute atomic E-state index is 11.8. The zero-order valence-electron chi connectivity index (χ0n) is 11.0. The minimum atomic E-state index is -0.250. The SMILES string of the molecule is CN(C)NC(=O)c1cccc(C(=O)NN(C)C)c1. The van der Waals surface area contributed by atoms with Gasteiger partial charge >= 0.3 is 0 Å². The summed E-state index contributed by atoms with van der Waals surface area (Å²) in [5.74, 6) is -0.501. The van der Waals surface area contributed by atoms with E-state index in [2.05, 4.69) is 10.9 Å². The van der Waals surface area contributed by atoms with Crippen LogP contribution < -0.4 is 10.9 Å². The molecule has 0 heterocycles. The van der Waals surface area contributed by atoms with Gasteiger partial charge in [0, 0.05) is 39.3 Å². The second-order valence-electron chi connectivity index (χ2n) is 4.25. The lowest BCUT2D eigenvalue weighted by Crippen LogP contribution is -2.37. The number of nitrogens with one attached hydrogen (secondary N) is 2. The average molecular weight is 250 g/mol. The molecular weight excluding hydrogens is 232 g/mol. The molecule has 0 aliphatic rings. The van der Waals surface area contributed by atoms with E-state index in [0.717, 1.165) is 0 Å². The van der Waals surface area contributed by atoms with Crippen LogP contribution in [0.2, 0.25) is 0 Å². The lowest BCUT2D eigenvalue weighted by Gasteiger charge is -2.14. The second kappa shape index (κ2) is 6.13. The highest BCUT2D eigenvalue weighted by Crippen LogP contribution is 2.05. The first-order chi connectivity index (χ1) is 8.40. The van der Waals surface area contributed by atoms with E-state index in [1.807, 2.05) is 0 Å². The summed E-state index contributed by atoms with van der Waals surface area (Å²) in [6, 6.07) is 6.54. The van der Waals surface area contributed by atoms with Crippen LogP contribution in [-0.4, -0.2) is 50.0 Å². The molecule has 0 spiro atoms. The van der Waals surface area contributed by atoms with Crippen LogP contribution in [0.1, 0.15) is 20.7 Å². The van der Waals surface area contributed by atoms with E-state index in [1.54, 1.807) is 62.5 Å². The van der Waals surface area contributed by atoms with Gasteiger partial charge in [-0.3, -0.25) is 20.4 Å². The van der Waals surface area contributed by atoms with Gasteiger partial charge < -0.3 is 0 Å². The van der Waals surface area contributed by atoms with Crippen molar-refractivity contribution in [3.63, 3.8) is 0 Å². The number of amides is 2. The van der Waals surface area contributed by atoms with Gasteiger partial charge in [-0.2, -0.15) is 0 Å². The summed E-state index contributed by atoms with van der Waals surface area (Å²) in [6.45, 7) is 0. The van der Waals surface area contributed by atoms with Gasteiger partial charge in [0.1, 0.15) is 0 Å². The Balaban J connectivity index is 2.85. The Kier molecular flexibility index (Phi) is 4.82. The highest BCUT2D eigenvalue weighted by molar-refractivity contribution is 5.99. The highest BCUT2D eigenvalue weighted by Gasteiger charge is 2.11. The number of nitrogens with zero attached hydrogens (tertiary/aromatic N) is 2. The molecule has 0 unspecified atom stereocenters. The molecule has 18 heavy (non-hydrogen) atoms. The number of hydrogen-bond donors (Lipinski definition) is 2. The maximum atomic E-state index is 11.8. The molecule has 0 fully saturated rings. The molecule has 0 radical (unpaired) electrons. The Morgan fingerprint density at radius 3 is 1.61 bits per heavy atom. The topological polar surface area (TPSA) is 64.7 Å². The summed E-state index contributed by atoms with van der Waals surface area (Å²) >= 11 is 0. The summed E-state index contributed by atoms with van der Waals surface area (Å²) in [5.41, 5.74) is 6.12. The van der Waals surface area contributed by atoms with Gasteiger partial charge in [0.25, 0.3) is 11.8 Å². The van der Waals surface area contributed by atoms with Crippen molar-refractivity contribution in [3.8, 4) is 0 Å². The number of benzene rings is 1. The van der Waals surface area contributed by atoms with Crippen molar-refractivity contribution in [1.82, 2.24) is 20.9 Å². The molecule has 6 nitrogen and oxygen atoms in total. The fraction of sp³-hybridized carbons (Fsp3) is 0.333. The summed E-state index contributed by atoms with van der Waals surface area (Å²) in [7, 11) is 6.89. The van der Waals surface area contributed by atoms with Crippen LogP contribution in [0.5, 0.6) is 0 Å². The van der Waals surface area contributed by atoms with Crippen molar-refractivity contribution < 1.29 is 9.59 Å². The summed E-state index contributed by atoms with van der Waals surface area (Å²) in [6.07, 6.45) is 0. The Hall–Kier alpha value is -1.92. The number of carbonyl (C=O) groups excluding carboxylic acids is 2. The second-order valence-corrected chi connectivity index (χ2v) is 4.25. The van der Waals surface area contributed by atoms with Gasteiger partial charge in [-0.1, -0.05) is 6.07 Å². The number of carbonyl (C=O) groups is 2. The van der Waals surface area contributed by atoms with Gasteiger partial charge in [0.15, 0.2) is 0 Å². The molecule has 0 bridgehead atoms. The Labute approximate surface area is 107 Å². The third-order valence-electron chi connectivity index (χ3n) is 2.04. The van der Waals surface area contributed by atoms with Gasteiger partial charge in [-0.25, -0.2) is 10.0 Å². The molecule has 2 N–H and O–H groups in total. The van der Waals surface area contributed by atoms with E-state index in [-0.39, 0.29) is 11.8 Å². The van der Waals surface area contributed by atoms with Crippen LogP contribution in [-0.2, 0) is 0 Å². The van der Waals surface area contributed by atoms with Crippen LogP contribution >= 0.6 is 0 Å². The molecule has 6 heteroatoms. The van der Waals surface area contributed by atoms with Crippen LogP contribution in [0.15, 0.2) is 24.3 Å². The van der Waals surface area contributed by atoms with E-state index in [0.29, 0.717) is 11.1 Å². The van der Waals surface area contributed by atoms with Crippen molar-refractivity contribution in [1.29, 1.82) is 0 Å². The molecular formula is C12H18N4O2. The van der Waals surface area contributed by atoms with Crippen molar-refractivity contribution in [2.75, 3.05) is 28.2 Å². The molecule has 98 valence electrons. The smallest absolute Gasteiger partial charge is 0.265 e. The van der Waals surface area contributed by atoms with Gasteiger partial charge in [0.05, 0.1) is 0 Å². The molecule has 0 aliphatic carbocycles. The normalized spacial score (nSPS) is 10.6. The Morgan fingerprint density at radius 1 is 0.889 bits per heavy atom. The molecule has 2 amide bonds. The van der Waals surface area contributed by atoms with E-state index in [9.17, 15) is 9.59 Å². The molecule has 1 aromatic carbocycles. The standard InChI is InChI=1S/C12H18N4O2/c1-15(2)13-11(17)9-6-5-7-10(8-9)12(18)14-16(3)4/h5-8H,1-4H3,(H,13,17)(H,14,18). The van der Waals surface area contributed by atoms with Gasteiger partial charge in [-0.05, 0) is 18.2 Å². The molecule has 1 aromatic rings. The van der Waals surface area contributed by atoms with Crippen molar-refractivity contribution in [3.05, 3.63) is 35.4 Å². The first kappa shape index (κ1) is 14.1. The fourth-order valence-corrected chi connectivity index (χ4v) is 1.34. The first-order valence-electron chi connectivity index (χ1n) is 5.47. The monoisotopic (exact) mass is 250 g/mol. The largest absolute Gasteiger partial charge is 0.285 e. The minimum Gasteiger partial charge on any atom is -0.285 e. The Morgan fingerprint density at radius 2 is 1.28 bits per heavy atom. The predicted molar refractivity (Wildman–Crippen MR) is 68.7 cm³/mol. The lowest BCUT2D eigenvalue weighted by atomic mass is 10.1.